The summed E-state index contributed by atoms with van der Waals surface area (Å²) in [5, 5.41) is 9.73. The molecule has 0 amide bonds. The Hall–Kier alpha value is -2.40. The van der Waals surface area contributed by atoms with Gasteiger partial charge < -0.3 is 14.7 Å². The van der Waals surface area contributed by atoms with E-state index in [4.69, 9.17) is 4.74 Å². The van der Waals surface area contributed by atoms with Gasteiger partial charge in [0.05, 0.1) is 18.6 Å². The van der Waals surface area contributed by atoms with Crippen LogP contribution in [-0.4, -0.2) is 35.8 Å². The van der Waals surface area contributed by atoms with Crippen molar-refractivity contribution in [3.8, 4) is 0 Å². The molecule has 0 bridgehead atoms. The molecule has 1 aromatic heterocycles. The van der Waals surface area contributed by atoms with Gasteiger partial charge in [0.15, 0.2) is 0 Å². The van der Waals surface area contributed by atoms with Crippen molar-refractivity contribution in [1.29, 1.82) is 0 Å². The molecule has 1 aromatic carbocycles. The number of hydrogen-bond donors (Lipinski definition) is 1. The zero-order chi connectivity index (χ0) is 16.8. The molecule has 0 aliphatic carbocycles. The van der Waals surface area contributed by atoms with E-state index in [-0.39, 0.29) is 6.61 Å². The van der Waals surface area contributed by atoms with Crippen LogP contribution in [-0.2, 0) is 16.1 Å². The van der Waals surface area contributed by atoms with Crippen molar-refractivity contribution >= 4 is 11.7 Å². The minimum atomic E-state index is -0.793. The van der Waals surface area contributed by atoms with Crippen LogP contribution in [0.1, 0.15) is 18.4 Å². The summed E-state index contributed by atoms with van der Waals surface area (Å²) in [5.41, 5.74) is 1.36. The molecule has 2 heterocycles. The molecule has 2 aromatic rings. The standard InChI is InChI=1S/C19H22N2O3/c22-18(23)19(15-24-14-16-4-2-1-3-5-16)8-12-21(13-9-19)17-6-10-20-11-7-17/h1-7,10-11H,8-9,12-15H2,(H,22,23). The topological polar surface area (TPSA) is 62.7 Å². The molecule has 1 fully saturated rings. The van der Waals surface area contributed by atoms with Crippen molar-refractivity contribution in [1.82, 2.24) is 4.98 Å². The van der Waals surface area contributed by atoms with Crippen LogP contribution in [0.25, 0.3) is 0 Å². The van der Waals surface area contributed by atoms with Gasteiger partial charge >= 0.3 is 5.97 Å². The van der Waals surface area contributed by atoms with Gasteiger partial charge in [-0.25, -0.2) is 0 Å². The molecular formula is C19H22N2O3. The maximum Gasteiger partial charge on any atom is 0.312 e. The number of anilines is 1. The molecule has 0 unspecified atom stereocenters. The highest BCUT2D eigenvalue weighted by Crippen LogP contribution is 2.34. The van der Waals surface area contributed by atoms with Gasteiger partial charge in [0.2, 0.25) is 0 Å². The third-order valence-corrected chi connectivity index (χ3v) is 4.69. The Bertz CT molecular complexity index is 647. The number of aromatic nitrogens is 1. The van der Waals surface area contributed by atoms with Crippen LogP contribution in [0.4, 0.5) is 5.69 Å². The number of ether oxygens (including phenoxy) is 1. The highest BCUT2D eigenvalue weighted by atomic mass is 16.5. The summed E-state index contributed by atoms with van der Waals surface area (Å²) in [6.45, 7) is 2.13. The molecular weight excluding hydrogens is 304 g/mol. The monoisotopic (exact) mass is 326 g/mol. The van der Waals surface area contributed by atoms with E-state index < -0.39 is 11.4 Å². The van der Waals surface area contributed by atoms with Gasteiger partial charge in [-0.3, -0.25) is 9.78 Å². The molecule has 5 heteroatoms. The molecule has 0 saturated carbocycles. The van der Waals surface area contributed by atoms with Gasteiger partial charge in [0, 0.05) is 31.2 Å². The Labute approximate surface area is 141 Å². The Balaban J connectivity index is 1.58. The second-order valence-corrected chi connectivity index (χ2v) is 6.26. The fourth-order valence-electron chi connectivity index (χ4n) is 3.11. The Morgan fingerprint density at radius 3 is 2.42 bits per heavy atom. The summed E-state index contributed by atoms with van der Waals surface area (Å²) < 4.78 is 5.76. The quantitative estimate of drug-likeness (QED) is 0.884. The summed E-state index contributed by atoms with van der Waals surface area (Å²) in [6.07, 6.45) is 4.69. The minimum Gasteiger partial charge on any atom is -0.481 e. The summed E-state index contributed by atoms with van der Waals surface area (Å²) in [5.74, 6) is -0.759. The lowest BCUT2D eigenvalue weighted by atomic mass is 9.79. The fraction of sp³-hybridized carbons (Fsp3) is 0.368. The average molecular weight is 326 g/mol. The largest absolute Gasteiger partial charge is 0.481 e. The number of carboxylic acid groups (broad SMARTS) is 1. The second kappa shape index (κ2) is 7.45. The average Bonchev–Trinajstić information content (AvgIpc) is 2.64. The van der Waals surface area contributed by atoms with Crippen molar-refractivity contribution in [2.75, 3.05) is 24.6 Å². The number of aliphatic carboxylic acids is 1. The molecule has 24 heavy (non-hydrogen) atoms. The Morgan fingerprint density at radius 1 is 1.12 bits per heavy atom. The minimum absolute atomic E-state index is 0.251. The summed E-state index contributed by atoms with van der Waals surface area (Å²) in [6, 6.07) is 13.8. The molecule has 1 aliphatic heterocycles. The molecule has 3 rings (SSSR count). The van der Waals surface area contributed by atoms with Crippen LogP contribution in [0.15, 0.2) is 54.9 Å². The third-order valence-electron chi connectivity index (χ3n) is 4.69. The van der Waals surface area contributed by atoms with Crippen LogP contribution in [0.5, 0.6) is 0 Å². The zero-order valence-corrected chi connectivity index (χ0v) is 13.6. The summed E-state index contributed by atoms with van der Waals surface area (Å²) in [7, 11) is 0. The van der Waals surface area contributed by atoms with Gasteiger partial charge in [0.1, 0.15) is 0 Å². The van der Waals surface area contributed by atoms with E-state index in [1.165, 1.54) is 0 Å². The first kappa shape index (κ1) is 16.5. The van der Waals surface area contributed by atoms with Gasteiger partial charge in [-0.15, -0.1) is 0 Å². The number of piperidine rings is 1. The lowest BCUT2D eigenvalue weighted by Gasteiger charge is -2.39. The predicted molar refractivity (Wildman–Crippen MR) is 91.9 cm³/mol. The first-order chi connectivity index (χ1) is 11.7. The maximum atomic E-state index is 11.9. The van der Waals surface area contributed by atoms with Gasteiger partial charge in [0.25, 0.3) is 0 Å². The van der Waals surface area contributed by atoms with Crippen LogP contribution < -0.4 is 4.90 Å². The number of hydrogen-bond acceptors (Lipinski definition) is 4. The molecule has 5 nitrogen and oxygen atoms in total. The lowest BCUT2D eigenvalue weighted by Crippen LogP contribution is -2.47. The summed E-state index contributed by atoms with van der Waals surface area (Å²) >= 11 is 0. The van der Waals surface area contributed by atoms with Crippen LogP contribution in [0.2, 0.25) is 0 Å². The second-order valence-electron chi connectivity index (χ2n) is 6.26. The fourth-order valence-corrected chi connectivity index (χ4v) is 3.11. The number of carboxylic acids is 1. The van der Waals surface area contributed by atoms with Crippen molar-refractivity contribution in [3.05, 3.63) is 60.4 Å². The van der Waals surface area contributed by atoms with E-state index in [0.29, 0.717) is 32.5 Å². The third kappa shape index (κ3) is 3.74. The van der Waals surface area contributed by atoms with Crippen LogP contribution >= 0.6 is 0 Å². The zero-order valence-electron chi connectivity index (χ0n) is 13.6. The smallest absolute Gasteiger partial charge is 0.312 e. The molecule has 1 saturated heterocycles. The van der Waals surface area contributed by atoms with E-state index >= 15 is 0 Å². The number of carbonyl (C=O) groups is 1. The van der Waals surface area contributed by atoms with Gasteiger partial charge in [-0.1, -0.05) is 30.3 Å². The van der Waals surface area contributed by atoms with Crippen LogP contribution in [0, 0.1) is 5.41 Å². The number of pyridine rings is 1. The highest BCUT2D eigenvalue weighted by Gasteiger charge is 2.42. The van der Waals surface area contributed by atoms with E-state index in [2.05, 4.69) is 9.88 Å². The van der Waals surface area contributed by atoms with E-state index in [0.717, 1.165) is 11.3 Å². The van der Waals surface area contributed by atoms with E-state index in [9.17, 15) is 9.90 Å². The molecule has 1 aliphatic rings. The van der Waals surface area contributed by atoms with Crippen molar-refractivity contribution in [2.45, 2.75) is 19.4 Å². The normalized spacial score (nSPS) is 16.8. The van der Waals surface area contributed by atoms with Crippen molar-refractivity contribution in [3.63, 3.8) is 0 Å². The first-order valence-corrected chi connectivity index (χ1v) is 8.20. The van der Waals surface area contributed by atoms with Crippen molar-refractivity contribution < 1.29 is 14.6 Å². The Kier molecular flexibility index (Phi) is 5.11. The number of nitrogens with zero attached hydrogens (tertiary/aromatic N) is 2. The molecule has 126 valence electrons. The van der Waals surface area contributed by atoms with Crippen molar-refractivity contribution in [2.24, 2.45) is 5.41 Å². The molecule has 1 N–H and O–H groups in total. The first-order valence-electron chi connectivity index (χ1n) is 8.20. The van der Waals surface area contributed by atoms with Crippen LogP contribution in [0.3, 0.4) is 0 Å². The molecule has 0 radical (unpaired) electrons. The Morgan fingerprint density at radius 2 is 1.79 bits per heavy atom. The SMILES string of the molecule is O=C(O)C1(COCc2ccccc2)CCN(c2ccncc2)CC1. The van der Waals surface area contributed by atoms with E-state index in [1.54, 1.807) is 12.4 Å². The summed E-state index contributed by atoms with van der Waals surface area (Å²) in [4.78, 5) is 18.1. The van der Waals surface area contributed by atoms with Gasteiger partial charge in [-0.05, 0) is 30.5 Å². The lowest BCUT2D eigenvalue weighted by molar-refractivity contribution is -0.155. The molecule has 0 atom stereocenters. The molecule has 0 spiro atoms. The number of benzene rings is 1. The maximum absolute atomic E-state index is 11.9. The number of rotatable bonds is 6. The van der Waals surface area contributed by atoms with E-state index in [1.807, 2.05) is 42.5 Å². The van der Waals surface area contributed by atoms with Gasteiger partial charge in [-0.2, -0.15) is 0 Å². The predicted octanol–water partition coefficient (Wildman–Crippen LogP) is 2.97. The highest BCUT2D eigenvalue weighted by molar-refractivity contribution is 5.75.